The number of carbonyl (C=O) groups is 1. The SMILES string of the molecule is Cc1ccc(C(=O)NC(CO)Cc2ccccc2)c(Cl)c1. The van der Waals surface area contributed by atoms with Crippen LogP contribution in [0.25, 0.3) is 0 Å². The molecular formula is C17H18ClNO2. The van der Waals surface area contributed by atoms with Crippen LogP contribution in [-0.4, -0.2) is 23.7 Å². The minimum atomic E-state index is -0.336. The van der Waals surface area contributed by atoms with E-state index in [4.69, 9.17) is 11.6 Å². The van der Waals surface area contributed by atoms with Gasteiger partial charge in [0.25, 0.3) is 5.91 Å². The Morgan fingerprint density at radius 2 is 1.95 bits per heavy atom. The molecule has 0 aliphatic heterocycles. The number of hydrogen-bond donors (Lipinski definition) is 2. The molecule has 0 saturated heterocycles. The van der Waals surface area contributed by atoms with E-state index in [2.05, 4.69) is 5.32 Å². The van der Waals surface area contributed by atoms with E-state index in [-0.39, 0.29) is 18.6 Å². The zero-order chi connectivity index (χ0) is 15.2. The molecule has 2 rings (SSSR count). The van der Waals surface area contributed by atoms with Crippen LogP contribution < -0.4 is 5.32 Å². The van der Waals surface area contributed by atoms with Gasteiger partial charge in [0.1, 0.15) is 0 Å². The fraction of sp³-hybridized carbons (Fsp3) is 0.235. The third-order valence-electron chi connectivity index (χ3n) is 3.25. The lowest BCUT2D eigenvalue weighted by Crippen LogP contribution is -2.39. The second-order valence-corrected chi connectivity index (χ2v) is 5.43. The van der Waals surface area contributed by atoms with Crippen molar-refractivity contribution in [2.75, 3.05) is 6.61 Å². The first-order chi connectivity index (χ1) is 10.1. The van der Waals surface area contributed by atoms with E-state index in [1.54, 1.807) is 12.1 Å². The van der Waals surface area contributed by atoms with Crippen LogP contribution in [0, 0.1) is 6.92 Å². The molecule has 2 aromatic carbocycles. The van der Waals surface area contributed by atoms with E-state index >= 15 is 0 Å². The summed E-state index contributed by atoms with van der Waals surface area (Å²) in [5.74, 6) is -0.269. The Balaban J connectivity index is 2.06. The zero-order valence-electron chi connectivity index (χ0n) is 11.8. The Morgan fingerprint density at radius 3 is 2.57 bits per heavy atom. The molecular weight excluding hydrogens is 286 g/mol. The van der Waals surface area contributed by atoms with Crippen LogP contribution in [0.2, 0.25) is 5.02 Å². The first-order valence-electron chi connectivity index (χ1n) is 6.82. The molecule has 0 aromatic heterocycles. The maximum absolute atomic E-state index is 12.2. The molecule has 0 saturated carbocycles. The summed E-state index contributed by atoms with van der Waals surface area (Å²) < 4.78 is 0. The van der Waals surface area contributed by atoms with Crippen molar-refractivity contribution >= 4 is 17.5 Å². The van der Waals surface area contributed by atoms with Crippen LogP contribution in [0.3, 0.4) is 0 Å². The summed E-state index contributed by atoms with van der Waals surface area (Å²) in [5, 5.41) is 12.7. The molecule has 0 fully saturated rings. The van der Waals surface area contributed by atoms with Gasteiger partial charge in [0.15, 0.2) is 0 Å². The molecule has 0 heterocycles. The highest BCUT2D eigenvalue weighted by molar-refractivity contribution is 6.33. The average molecular weight is 304 g/mol. The van der Waals surface area contributed by atoms with Crippen LogP contribution in [-0.2, 0) is 6.42 Å². The second kappa shape index (κ2) is 7.25. The number of hydrogen-bond acceptors (Lipinski definition) is 2. The van der Waals surface area contributed by atoms with Crippen LogP contribution in [0.5, 0.6) is 0 Å². The number of benzene rings is 2. The van der Waals surface area contributed by atoms with Crippen LogP contribution in [0.15, 0.2) is 48.5 Å². The largest absolute Gasteiger partial charge is 0.394 e. The predicted molar refractivity (Wildman–Crippen MR) is 84.7 cm³/mol. The molecule has 2 aromatic rings. The summed E-state index contributed by atoms with van der Waals surface area (Å²) >= 11 is 6.09. The van der Waals surface area contributed by atoms with Gasteiger partial charge in [0.2, 0.25) is 0 Å². The van der Waals surface area contributed by atoms with Gasteiger partial charge in [-0.15, -0.1) is 0 Å². The molecule has 21 heavy (non-hydrogen) atoms. The van der Waals surface area contributed by atoms with E-state index in [0.717, 1.165) is 11.1 Å². The van der Waals surface area contributed by atoms with Gasteiger partial charge >= 0.3 is 0 Å². The maximum Gasteiger partial charge on any atom is 0.253 e. The highest BCUT2D eigenvalue weighted by atomic mass is 35.5. The standard InChI is InChI=1S/C17H18ClNO2/c1-12-7-8-15(16(18)9-12)17(21)19-14(11-20)10-13-5-3-2-4-6-13/h2-9,14,20H,10-11H2,1H3,(H,19,21). The predicted octanol–water partition coefficient (Wildman–Crippen LogP) is 2.98. The Kier molecular flexibility index (Phi) is 5.37. The lowest BCUT2D eigenvalue weighted by molar-refractivity contribution is 0.0916. The van der Waals surface area contributed by atoms with Gasteiger partial charge < -0.3 is 10.4 Å². The smallest absolute Gasteiger partial charge is 0.253 e. The van der Waals surface area contributed by atoms with Gasteiger partial charge in [0, 0.05) is 0 Å². The Labute approximate surface area is 129 Å². The van der Waals surface area contributed by atoms with Gasteiger partial charge in [0.05, 0.1) is 23.2 Å². The van der Waals surface area contributed by atoms with Crippen molar-refractivity contribution in [2.45, 2.75) is 19.4 Å². The topological polar surface area (TPSA) is 49.3 Å². The third kappa shape index (κ3) is 4.31. The minimum Gasteiger partial charge on any atom is -0.394 e. The minimum absolute atomic E-state index is 0.121. The number of aliphatic hydroxyl groups is 1. The van der Waals surface area contributed by atoms with Crippen molar-refractivity contribution in [3.63, 3.8) is 0 Å². The van der Waals surface area contributed by atoms with Crippen molar-refractivity contribution in [2.24, 2.45) is 0 Å². The Hall–Kier alpha value is -1.84. The molecule has 1 amide bonds. The number of amides is 1. The highest BCUT2D eigenvalue weighted by Gasteiger charge is 2.15. The number of carbonyl (C=O) groups excluding carboxylic acids is 1. The van der Waals surface area contributed by atoms with Gasteiger partial charge in [-0.2, -0.15) is 0 Å². The molecule has 4 heteroatoms. The van der Waals surface area contributed by atoms with Crippen molar-refractivity contribution in [1.82, 2.24) is 5.32 Å². The van der Waals surface area contributed by atoms with Crippen LogP contribution in [0.1, 0.15) is 21.5 Å². The molecule has 3 nitrogen and oxygen atoms in total. The molecule has 1 unspecified atom stereocenters. The number of nitrogens with one attached hydrogen (secondary N) is 1. The van der Waals surface area contributed by atoms with Gasteiger partial charge in [-0.1, -0.05) is 48.0 Å². The molecule has 2 N–H and O–H groups in total. The summed E-state index contributed by atoms with van der Waals surface area (Å²) in [4.78, 5) is 12.2. The summed E-state index contributed by atoms with van der Waals surface area (Å²) in [6.07, 6.45) is 0.576. The second-order valence-electron chi connectivity index (χ2n) is 5.03. The molecule has 1 atom stereocenters. The summed E-state index contributed by atoms with van der Waals surface area (Å²) in [7, 11) is 0. The highest BCUT2D eigenvalue weighted by Crippen LogP contribution is 2.17. The lowest BCUT2D eigenvalue weighted by Gasteiger charge is -2.17. The number of aryl methyl sites for hydroxylation is 1. The van der Waals surface area contributed by atoms with Crippen LogP contribution >= 0.6 is 11.6 Å². The van der Waals surface area contributed by atoms with Crippen LogP contribution in [0.4, 0.5) is 0 Å². The van der Waals surface area contributed by atoms with Gasteiger partial charge in [-0.25, -0.2) is 0 Å². The van der Waals surface area contributed by atoms with Crippen molar-refractivity contribution < 1.29 is 9.90 Å². The fourth-order valence-corrected chi connectivity index (χ4v) is 2.45. The number of rotatable bonds is 5. The van der Waals surface area contributed by atoms with E-state index in [1.165, 1.54) is 0 Å². The summed E-state index contributed by atoms with van der Waals surface area (Å²) in [6.45, 7) is 1.80. The molecule has 0 spiro atoms. The zero-order valence-corrected chi connectivity index (χ0v) is 12.6. The maximum atomic E-state index is 12.2. The van der Waals surface area contributed by atoms with E-state index in [9.17, 15) is 9.90 Å². The third-order valence-corrected chi connectivity index (χ3v) is 3.56. The summed E-state index contributed by atoms with van der Waals surface area (Å²) in [5.41, 5.74) is 2.49. The molecule has 0 aliphatic rings. The summed E-state index contributed by atoms with van der Waals surface area (Å²) in [6, 6.07) is 14.7. The fourth-order valence-electron chi connectivity index (χ4n) is 2.13. The molecule has 0 radical (unpaired) electrons. The normalized spacial score (nSPS) is 12.0. The molecule has 0 aliphatic carbocycles. The lowest BCUT2D eigenvalue weighted by atomic mass is 10.1. The van der Waals surface area contributed by atoms with Gasteiger partial charge in [-0.3, -0.25) is 4.79 Å². The molecule has 0 bridgehead atoms. The number of halogens is 1. The van der Waals surface area contributed by atoms with Crippen molar-refractivity contribution in [3.8, 4) is 0 Å². The Morgan fingerprint density at radius 1 is 1.24 bits per heavy atom. The van der Waals surface area contributed by atoms with E-state index in [0.29, 0.717) is 17.0 Å². The molecule has 110 valence electrons. The Bertz CT molecular complexity index is 613. The quantitative estimate of drug-likeness (QED) is 0.892. The first-order valence-corrected chi connectivity index (χ1v) is 7.19. The number of aliphatic hydroxyl groups excluding tert-OH is 1. The van der Waals surface area contributed by atoms with Gasteiger partial charge in [-0.05, 0) is 36.6 Å². The van der Waals surface area contributed by atoms with E-state index in [1.807, 2.05) is 43.3 Å². The first kappa shape index (κ1) is 15.5. The monoisotopic (exact) mass is 303 g/mol. The average Bonchev–Trinajstić information content (AvgIpc) is 2.47. The van der Waals surface area contributed by atoms with Crippen molar-refractivity contribution in [3.05, 3.63) is 70.2 Å². The van der Waals surface area contributed by atoms with E-state index < -0.39 is 0 Å². The van der Waals surface area contributed by atoms with Crippen molar-refractivity contribution in [1.29, 1.82) is 0 Å².